The largest absolute Gasteiger partial charge is 0.384 e. The Bertz CT molecular complexity index is 1190. The van der Waals surface area contributed by atoms with Crippen molar-refractivity contribution in [3.63, 3.8) is 0 Å². The predicted molar refractivity (Wildman–Crippen MR) is 122 cm³/mol. The van der Waals surface area contributed by atoms with Crippen LogP contribution >= 0.6 is 11.3 Å². The zero-order chi connectivity index (χ0) is 21.3. The molecule has 30 heavy (non-hydrogen) atoms. The Kier molecular flexibility index (Phi) is 5.49. The average Bonchev–Trinajstić information content (AvgIpc) is 3.16. The number of nitrogens with one attached hydrogen (secondary N) is 1. The smallest absolute Gasteiger partial charge is 0.143 e. The lowest BCUT2D eigenvalue weighted by Crippen LogP contribution is -2.30. The van der Waals surface area contributed by atoms with Crippen LogP contribution in [0.5, 0.6) is 0 Å². The van der Waals surface area contributed by atoms with E-state index in [0.29, 0.717) is 17.3 Å². The van der Waals surface area contributed by atoms with E-state index < -0.39 is 5.60 Å². The highest BCUT2D eigenvalue weighted by atomic mass is 32.1. The van der Waals surface area contributed by atoms with E-state index in [-0.39, 0.29) is 5.92 Å². The molecule has 2 atom stereocenters. The van der Waals surface area contributed by atoms with Crippen molar-refractivity contribution in [2.75, 3.05) is 5.32 Å². The number of pyridine rings is 3. The molecule has 0 aliphatic heterocycles. The molecule has 0 radical (unpaired) electrons. The maximum absolute atomic E-state index is 10.9. The lowest BCUT2D eigenvalue weighted by molar-refractivity contribution is -0.00391. The summed E-state index contributed by atoms with van der Waals surface area (Å²) in [5, 5.41) is 15.0. The Morgan fingerprint density at radius 1 is 1.13 bits per heavy atom. The van der Waals surface area contributed by atoms with E-state index in [1.165, 1.54) is 0 Å². The molecule has 0 aliphatic rings. The molecule has 2 N–H and O–H groups in total. The van der Waals surface area contributed by atoms with Crippen LogP contribution in [0.4, 0.5) is 11.6 Å². The first-order chi connectivity index (χ1) is 14.4. The highest BCUT2D eigenvalue weighted by molar-refractivity contribution is 7.21. The Morgan fingerprint density at radius 2 is 1.97 bits per heavy atom. The molecule has 0 bridgehead atoms. The van der Waals surface area contributed by atoms with Crippen molar-refractivity contribution in [3.05, 3.63) is 60.0 Å². The van der Waals surface area contributed by atoms with Crippen LogP contribution in [0.2, 0.25) is 0 Å². The summed E-state index contributed by atoms with van der Waals surface area (Å²) in [5.74, 6) is 1.39. The van der Waals surface area contributed by atoms with Crippen LogP contribution in [0, 0.1) is 12.8 Å². The summed E-state index contributed by atoms with van der Waals surface area (Å²) in [6, 6.07) is 11.5. The van der Waals surface area contributed by atoms with Crippen LogP contribution in [0.1, 0.15) is 38.4 Å². The summed E-state index contributed by atoms with van der Waals surface area (Å²) < 4.78 is 1.00. The summed E-state index contributed by atoms with van der Waals surface area (Å²) >= 11 is 1.58. The molecular formula is C23H25N5OS. The molecule has 6 nitrogen and oxygen atoms in total. The zero-order valence-electron chi connectivity index (χ0n) is 17.5. The van der Waals surface area contributed by atoms with Gasteiger partial charge in [0.2, 0.25) is 0 Å². The molecule has 0 spiro atoms. The van der Waals surface area contributed by atoms with Crippen LogP contribution in [0.3, 0.4) is 0 Å². The topological polar surface area (TPSA) is 83.8 Å². The number of aromatic nitrogens is 4. The second-order valence-corrected chi connectivity index (χ2v) is 8.75. The molecule has 4 heterocycles. The average molecular weight is 420 g/mol. The lowest BCUT2D eigenvalue weighted by Gasteiger charge is -2.29. The van der Waals surface area contributed by atoms with Crippen LogP contribution in [-0.4, -0.2) is 25.0 Å². The first-order valence-corrected chi connectivity index (χ1v) is 10.9. The quantitative estimate of drug-likeness (QED) is 0.432. The minimum Gasteiger partial charge on any atom is -0.384 e. The van der Waals surface area contributed by atoms with Crippen molar-refractivity contribution in [3.8, 4) is 10.7 Å². The molecule has 0 aromatic carbocycles. The van der Waals surface area contributed by atoms with Gasteiger partial charge in [0.25, 0.3) is 0 Å². The zero-order valence-corrected chi connectivity index (χ0v) is 18.4. The summed E-state index contributed by atoms with van der Waals surface area (Å²) in [4.78, 5) is 18.4. The van der Waals surface area contributed by atoms with E-state index in [2.05, 4.69) is 27.2 Å². The van der Waals surface area contributed by atoms with Gasteiger partial charge in [-0.3, -0.25) is 4.98 Å². The van der Waals surface area contributed by atoms with Gasteiger partial charge in [-0.1, -0.05) is 32.4 Å². The second kappa shape index (κ2) is 8.08. The number of thiazole rings is 1. The fourth-order valence-electron chi connectivity index (χ4n) is 3.28. The number of aryl methyl sites for hydroxylation is 1. The fourth-order valence-corrected chi connectivity index (χ4v) is 4.26. The van der Waals surface area contributed by atoms with Gasteiger partial charge in [-0.15, -0.1) is 11.3 Å². The third kappa shape index (κ3) is 3.91. The van der Waals surface area contributed by atoms with E-state index >= 15 is 0 Å². The SMILES string of the molecule is CCC(C)C(C)(O)c1cccc(Nc2cc3nc(-c4ncccc4C)sc3cn2)n1. The van der Waals surface area contributed by atoms with Gasteiger partial charge in [-0.05, 0) is 43.5 Å². The monoisotopic (exact) mass is 419 g/mol. The number of hydrogen-bond acceptors (Lipinski definition) is 7. The normalized spacial score (nSPS) is 14.4. The van der Waals surface area contributed by atoms with E-state index in [1.807, 2.05) is 63.4 Å². The van der Waals surface area contributed by atoms with E-state index in [0.717, 1.165) is 32.9 Å². The number of hydrogen-bond donors (Lipinski definition) is 2. The Balaban J connectivity index is 1.62. The Labute approximate surface area is 180 Å². The van der Waals surface area contributed by atoms with E-state index in [9.17, 15) is 5.11 Å². The Hall–Kier alpha value is -2.90. The van der Waals surface area contributed by atoms with Gasteiger partial charge < -0.3 is 10.4 Å². The van der Waals surface area contributed by atoms with E-state index in [4.69, 9.17) is 4.98 Å². The second-order valence-electron chi connectivity index (χ2n) is 7.72. The number of fused-ring (bicyclic) bond motifs is 1. The number of anilines is 2. The lowest BCUT2D eigenvalue weighted by atomic mass is 9.85. The maximum atomic E-state index is 10.9. The van der Waals surface area contributed by atoms with Crippen molar-refractivity contribution in [1.82, 2.24) is 19.9 Å². The number of aliphatic hydroxyl groups is 1. The summed E-state index contributed by atoms with van der Waals surface area (Å²) in [6.45, 7) is 7.94. The van der Waals surface area contributed by atoms with Crippen molar-refractivity contribution in [1.29, 1.82) is 0 Å². The Morgan fingerprint density at radius 3 is 2.73 bits per heavy atom. The van der Waals surface area contributed by atoms with Crippen molar-refractivity contribution in [2.24, 2.45) is 5.92 Å². The fraction of sp³-hybridized carbons (Fsp3) is 0.304. The van der Waals surface area contributed by atoms with Crippen molar-refractivity contribution in [2.45, 2.75) is 39.7 Å². The summed E-state index contributed by atoms with van der Waals surface area (Å²) in [7, 11) is 0. The van der Waals surface area contributed by atoms with Gasteiger partial charge >= 0.3 is 0 Å². The van der Waals surface area contributed by atoms with E-state index in [1.54, 1.807) is 17.5 Å². The molecule has 0 aliphatic carbocycles. The molecule has 7 heteroatoms. The van der Waals surface area contributed by atoms with Crippen LogP contribution < -0.4 is 5.32 Å². The maximum Gasteiger partial charge on any atom is 0.143 e. The molecule has 2 unspecified atom stereocenters. The highest BCUT2D eigenvalue weighted by Crippen LogP contribution is 2.33. The van der Waals surface area contributed by atoms with Crippen LogP contribution in [0.15, 0.2) is 48.8 Å². The third-order valence-electron chi connectivity index (χ3n) is 5.58. The molecule has 154 valence electrons. The van der Waals surface area contributed by atoms with Gasteiger partial charge in [0.05, 0.1) is 15.9 Å². The molecule has 0 fully saturated rings. The number of nitrogens with zero attached hydrogens (tertiary/aromatic N) is 4. The highest BCUT2D eigenvalue weighted by Gasteiger charge is 2.30. The molecule has 4 aromatic rings. The van der Waals surface area contributed by atoms with Crippen LogP contribution in [0.25, 0.3) is 20.9 Å². The minimum absolute atomic E-state index is 0.0956. The molecule has 4 aromatic heterocycles. The molecule has 0 saturated carbocycles. The first kappa shape index (κ1) is 20.4. The molecule has 0 saturated heterocycles. The van der Waals surface area contributed by atoms with Gasteiger partial charge in [0.1, 0.15) is 27.9 Å². The van der Waals surface area contributed by atoms with Gasteiger partial charge in [0.15, 0.2) is 0 Å². The third-order valence-corrected chi connectivity index (χ3v) is 6.60. The first-order valence-electron chi connectivity index (χ1n) is 10.0. The molecule has 4 rings (SSSR count). The molecule has 0 amide bonds. The van der Waals surface area contributed by atoms with Gasteiger partial charge in [-0.2, -0.15) is 0 Å². The summed E-state index contributed by atoms with van der Waals surface area (Å²) in [5.41, 5.74) is 2.51. The van der Waals surface area contributed by atoms with Crippen molar-refractivity contribution >= 4 is 33.2 Å². The minimum atomic E-state index is -0.992. The van der Waals surface area contributed by atoms with Crippen LogP contribution in [-0.2, 0) is 5.60 Å². The summed E-state index contributed by atoms with van der Waals surface area (Å²) in [6.07, 6.45) is 4.47. The van der Waals surface area contributed by atoms with Crippen molar-refractivity contribution < 1.29 is 5.11 Å². The van der Waals surface area contributed by atoms with Gasteiger partial charge in [-0.25, -0.2) is 15.0 Å². The number of rotatable bonds is 6. The van der Waals surface area contributed by atoms with Gasteiger partial charge in [0, 0.05) is 18.5 Å². The standard InChI is InChI=1S/C23H25N5OS/c1-5-15(3)23(4,29)18-9-6-10-19(27-18)28-20-12-16-17(13-25-20)30-22(26-16)21-14(2)8-7-11-24-21/h6-13,15,29H,5H2,1-4H3,(H,25,27,28). The predicted octanol–water partition coefficient (Wildman–Crippen LogP) is 5.45. The molecular weight excluding hydrogens is 394 g/mol.